The molecule has 2 nitrogen and oxygen atoms in total. The average Bonchev–Trinajstić information content (AvgIpc) is 2.14. The van der Waals surface area contributed by atoms with Crippen molar-refractivity contribution in [2.75, 3.05) is 0 Å². The summed E-state index contributed by atoms with van der Waals surface area (Å²) in [7, 11) is 0. The minimum atomic E-state index is -0.628. The molecule has 14 heavy (non-hydrogen) atoms. The molecule has 3 heteroatoms. The maximum atomic E-state index is 10.1. The maximum Gasteiger partial charge on any atom is 0.0897 e. The number of rotatable bonds is 2. The van der Waals surface area contributed by atoms with Gasteiger partial charge in [0.05, 0.1) is 5.60 Å². The largest absolute Gasteiger partial charge is 0.385 e. The Morgan fingerprint density at radius 2 is 2.14 bits per heavy atom. The highest BCUT2D eigenvalue weighted by atomic mass is 35.5. The predicted molar refractivity (Wildman–Crippen MR) is 57.1 cm³/mol. The summed E-state index contributed by atoms with van der Waals surface area (Å²) in [6, 6.07) is 5.66. The summed E-state index contributed by atoms with van der Waals surface area (Å²) in [6.07, 6.45) is 2.77. The molecule has 0 unspecified atom stereocenters. The van der Waals surface area contributed by atoms with E-state index in [0.29, 0.717) is 11.6 Å². The van der Waals surface area contributed by atoms with E-state index in [0.717, 1.165) is 30.4 Å². The van der Waals surface area contributed by atoms with Crippen molar-refractivity contribution in [3.05, 3.63) is 34.3 Å². The van der Waals surface area contributed by atoms with E-state index in [1.165, 1.54) is 0 Å². The van der Waals surface area contributed by atoms with E-state index in [4.69, 9.17) is 17.3 Å². The Kier molecular flexibility index (Phi) is 2.52. The van der Waals surface area contributed by atoms with E-state index < -0.39 is 5.60 Å². The second-order valence-electron chi connectivity index (χ2n) is 3.90. The summed E-state index contributed by atoms with van der Waals surface area (Å²) in [5.41, 5.74) is 6.73. The first-order valence-corrected chi connectivity index (χ1v) is 5.25. The molecule has 0 saturated heterocycles. The molecule has 0 radical (unpaired) electrons. The first-order valence-electron chi connectivity index (χ1n) is 4.87. The third-order valence-electron chi connectivity index (χ3n) is 2.99. The van der Waals surface area contributed by atoms with Crippen molar-refractivity contribution in [3.8, 4) is 0 Å². The molecule has 0 bridgehead atoms. The van der Waals surface area contributed by atoms with Gasteiger partial charge in [-0.3, -0.25) is 0 Å². The highest BCUT2D eigenvalue weighted by Gasteiger charge is 2.36. The average molecular weight is 212 g/mol. The molecule has 0 spiro atoms. The summed E-state index contributed by atoms with van der Waals surface area (Å²) >= 11 is 6.03. The van der Waals surface area contributed by atoms with Gasteiger partial charge in [0, 0.05) is 11.6 Å². The number of halogens is 1. The molecule has 76 valence electrons. The lowest BCUT2D eigenvalue weighted by Gasteiger charge is -2.37. The van der Waals surface area contributed by atoms with Gasteiger partial charge in [0.1, 0.15) is 0 Å². The molecule has 0 heterocycles. The van der Waals surface area contributed by atoms with Crippen LogP contribution in [0.15, 0.2) is 18.2 Å². The first-order chi connectivity index (χ1) is 6.65. The van der Waals surface area contributed by atoms with E-state index in [-0.39, 0.29) is 0 Å². The smallest absolute Gasteiger partial charge is 0.0897 e. The molecular weight excluding hydrogens is 198 g/mol. The van der Waals surface area contributed by atoms with Crippen molar-refractivity contribution in [1.29, 1.82) is 0 Å². The van der Waals surface area contributed by atoms with Gasteiger partial charge in [-0.05, 0) is 36.5 Å². The summed E-state index contributed by atoms with van der Waals surface area (Å²) in [6.45, 7) is 0.442. The van der Waals surface area contributed by atoms with Crippen LogP contribution in [0.1, 0.15) is 30.4 Å². The van der Waals surface area contributed by atoms with Crippen LogP contribution in [0.2, 0.25) is 5.02 Å². The fourth-order valence-electron chi connectivity index (χ4n) is 1.80. The quantitative estimate of drug-likeness (QED) is 0.788. The van der Waals surface area contributed by atoms with Crippen LogP contribution < -0.4 is 5.73 Å². The van der Waals surface area contributed by atoms with E-state index >= 15 is 0 Å². The zero-order valence-electron chi connectivity index (χ0n) is 7.96. The van der Waals surface area contributed by atoms with Crippen LogP contribution in [0.5, 0.6) is 0 Å². The monoisotopic (exact) mass is 211 g/mol. The molecule has 0 aromatic heterocycles. The lowest BCUT2D eigenvalue weighted by Crippen LogP contribution is -2.33. The first kappa shape index (κ1) is 9.97. The van der Waals surface area contributed by atoms with Crippen molar-refractivity contribution in [2.45, 2.75) is 31.4 Å². The molecule has 1 fully saturated rings. The topological polar surface area (TPSA) is 46.2 Å². The molecular formula is C11H14ClNO. The van der Waals surface area contributed by atoms with E-state index in [1.807, 2.05) is 18.2 Å². The summed E-state index contributed by atoms with van der Waals surface area (Å²) in [4.78, 5) is 0. The molecule has 1 aliphatic rings. The van der Waals surface area contributed by atoms with Crippen molar-refractivity contribution in [3.63, 3.8) is 0 Å². The van der Waals surface area contributed by atoms with Crippen molar-refractivity contribution < 1.29 is 5.11 Å². The third-order valence-corrected chi connectivity index (χ3v) is 3.34. The predicted octanol–water partition coefficient (Wildman–Crippen LogP) is 2.17. The standard InChI is InChI=1S/C11H14ClNO/c12-10-6-9(3-2-8(10)7-13)11(14)4-1-5-11/h2-3,6,14H,1,4-5,7,13H2. The lowest BCUT2D eigenvalue weighted by atomic mass is 9.75. The zero-order chi connectivity index (χ0) is 10.2. The fourth-order valence-corrected chi connectivity index (χ4v) is 2.06. The Morgan fingerprint density at radius 3 is 2.57 bits per heavy atom. The molecule has 1 saturated carbocycles. The Bertz CT molecular complexity index is 347. The van der Waals surface area contributed by atoms with Crippen LogP contribution in [0.3, 0.4) is 0 Å². The Morgan fingerprint density at radius 1 is 1.43 bits per heavy atom. The summed E-state index contributed by atoms with van der Waals surface area (Å²) < 4.78 is 0. The van der Waals surface area contributed by atoms with Crippen LogP contribution in [-0.2, 0) is 12.1 Å². The van der Waals surface area contributed by atoms with Crippen LogP contribution >= 0.6 is 11.6 Å². The highest BCUT2D eigenvalue weighted by Crippen LogP contribution is 2.41. The number of nitrogens with two attached hydrogens (primary N) is 1. The number of hydrogen-bond acceptors (Lipinski definition) is 2. The van der Waals surface area contributed by atoms with Gasteiger partial charge in [-0.1, -0.05) is 23.7 Å². The molecule has 0 atom stereocenters. The normalized spacial score (nSPS) is 19.1. The van der Waals surface area contributed by atoms with Crippen LogP contribution in [0.4, 0.5) is 0 Å². The molecule has 3 N–H and O–H groups in total. The van der Waals surface area contributed by atoms with Gasteiger partial charge in [0.15, 0.2) is 0 Å². The van der Waals surface area contributed by atoms with Crippen molar-refractivity contribution in [1.82, 2.24) is 0 Å². The van der Waals surface area contributed by atoms with Gasteiger partial charge in [-0.2, -0.15) is 0 Å². The molecule has 2 rings (SSSR count). The minimum Gasteiger partial charge on any atom is -0.385 e. The minimum absolute atomic E-state index is 0.442. The highest BCUT2D eigenvalue weighted by molar-refractivity contribution is 6.31. The maximum absolute atomic E-state index is 10.1. The number of aliphatic hydroxyl groups is 1. The fraction of sp³-hybridized carbons (Fsp3) is 0.455. The molecule has 1 aromatic carbocycles. The van der Waals surface area contributed by atoms with Gasteiger partial charge >= 0.3 is 0 Å². The second-order valence-corrected chi connectivity index (χ2v) is 4.30. The van der Waals surface area contributed by atoms with Gasteiger partial charge in [0.25, 0.3) is 0 Å². The zero-order valence-corrected chi connectivity index (χ0v) is 8.72. The van der Waals surface area contributed by atoms with Crippen molar-refractivity contribution in [2.24, 2.45) is 5.73 Å². The SMILES string of the molecule is NCc1ccc(C2(O)CCC2)cc1Cl. The molecule has 0 aliphatic heterocycles. The Hall–Kier alpha value is -0.570. The van der Waals surface area contributed by atoms with Crippen LogP contribution in [-0.4, -0.2) is 5.11 Å². The number of benzene rings is 1. The Labute approximate surface area is 88.7 Å². The number of hydrogen-bond donors (Lipinski definition) is 2. The van der Waals surface area contributed by atoms with E-state index in [2.05, 4.69) is 0 Å². The van der Waals surface area contributed by atoms with Gasteiger partial charge in [-0.15, -0.1) is 0 Å². The van der Waals surface area contributed by atoms with Gasteiger partial charge in [0.2, 0.25) is 0 Å². The molecule has 1 aromatic rings. The molecule has 1 aliphatic carbocycles. The second kappa shape index (κ2) is 3.54. The Balaban J connectivity index is 2.32. The van der Waals surface area contributed by atoms with E-state index in [9.17, 15) is 5.11 Å². The van der Waals surface area contributed by atoms with Gasteiger partial charge in [-0.25, -0.2) is 0 Å². The summed E-state index contributed by atoms with van der Waals surface area (Å²) in [5.74, 6) is 0. The van der Waals surface area contributed by atoms with Gasteiger partial charge < -0.3 is 10.8 Å². The molecule has 0 amide bonds. The third kappa shape index (κ3) is 1.54. The summed E-state index contributed by atoms with van der Waals surface area (Å²) in [5, 5.41) is 10.7. The van der Waals surface area contributed by atoms with Crippen LogP contribution in [0.25, 0.3) is 0 Å². The lowest BCUT2D eigenvalue weighted by molar-refractivity contribution is -0.0387. The van der Waals surface area contributed by atoms with Crippen molar-refractivity contribution >= 4 is 11.6 Å². The van der Waals surface area contributed by atoms with Crippen LogP contribution in [0, 0.1) is 0 Å². The van der Waals surface area contributed by atoms with E-state index in [1.54, 1.807) is 0 Å².